The van der Waals surface area contributed by atoms with Crippen LogP contribution in [0.3, 0.4) is 0 Å². The van der Waals surface area contributed by atoms with Gasteiger partial charge in [-0.2, -0.15) is 0 Å². The Balaban J connectivity index is 1.92. The average molecular weight is 331 g/mol. The van der Waals surface area contributed by atoms with Gasteiger partial charge in [0.15, 0.2) is 5.58 Å². The summed E-state index contributed by atoms with van der Waals surface area (Å²) in [5.74, 6) is 0. The van der Waals surface area contributed by atoms with Crippen molar-refractivity contribution in [3.05, 3.63) is 60.3 Å². The van der Waals surface area contributed by atoms with Crippen LogP contribution in [0.2, 0.25) is 19.6 Å². The predicted molar refractivity (Wildman–Crippen MR) is 105 cm³/mol. The molecule has 24 heavy (non-hydrogen) atoms. The fraction of sp³-hybridized carbons (Fsp3) is 0.190. The van der Waals surface area contributed by atoms with Gasteiger partial charge in [-0.1, -0.05) is 66.8 Å². The van der Waals surface area contributed by atoms with Gasteiger partial charge in [0.05, 0.1) is 20.0 Å². The topological polar surface area (TPSA) is 26.0 Å². The van der Waals surface area contributed by atoms with E-state index in [4.69, 9.17) is 4.42 Å². The number of benzene rings is 2. The highest BCUT2D eigenvalue weighted by Crippen LogP contribution is 2.30. The second kappa shape index (κ2) is 5.31. The van der Waals surface area contributed by atoms with Gasteiger partial charge < -0.3 is 4.42 Å². The zero-order chi connectivity index (χ0) is 16.9. The summed E-state index contributed by atoms with van der Waals surface area (Å²) in [5, 5.41) is 3.78. The molecule has 0 N–H and O–H groups in total. The Labute approximate surface area is 143 Å². The molecule has 2 aromatic carbocycles. The first-order valence-corrected chi connectivity index (χ1v) is 11.8. The molecule has 120 valence electrons. The molecule has 0 spiro atoms. The van der Waals surface area contributed by atoms with Gasteiger partial charge >= 0.3 is 0 Å². The third kappa shape index (κ3) is 2.45. The number of pyridine rings is 1. The van der Waals surface area contributed by atoms with Crippen LogP contribution in [0.15, 0.2) is 59.1 Å². The molecule has 0 aliphatic heterocycles. The minimum atomic E-state index is -1.37. The van der Waals surface area contributed by atoms with Gasteiger partial charge in [-0.15, -0.1) is 0 Å². The fourth-order valence-corrected chi connectivity index (χ4v) is 5.23. The van der Waals surface area contributed by atoms with Crippen molar-refractivity contribution in [2.45, 2.75) is 26.6 Å². The molecule has 4 rings (SSSR count). The van der Waals surface area contributed by atoms with Crippen LogP contribution in [0.4, 0.5) is 0 Å². The molecule has 4 aromatic rings. The van der Waals surface area contributed by atoms with Crippen LogP contribution in [0, 0.1) is 6.92 Å². The molecular weight excluding hydrogens is 310 g/mol. The molecule has 0 aliphatic carbocycles. The zero-order valence-electron chi connectivity index (χ0n) is 14.6. The summed E-state index contributed by atoms with van der Waals surface area (Å²) >= 11 is 0. The normalized spacial score (nSPS) is 12.2. The van der Waals surface area contributed by atoms with E-state index < -0.39 is 8.07 Å². The molecule has 0 amide bonds. The highest BCUT2D eigenvalue weighted by Gasteiger charge is 2.19. The Morgan fingerprint density at radius 1 is 0.875 bits per heavy atom. The van der Waals surface area contributed by atoms with Crippen molar-refractivity contribution in [3.8, 4) is 11.3 Å². The summed E-state index contributed by atoms with van der Waals surface area (Å²) in [6.45, 7) is 9.37. The zero-order valence-corrected chi connectivity index (χ0v) is 15.6. The number of aromatic nitrogens is 1. The lowest BCUT2D eigenvalue weighted by Gasteiger charge is -2.20. The number of furan rings is 1. The van der Waals surface area contributed by atoms with E-state index in [0.717, 1.165) is 27.6 Å². The van der Waals surface area contributed by atoms with E-state index in [9.17, 15) is 0 Å². The highest BCUT2D eigenvalue weighted by atomic mass is 28.3. The Hall–Kier alpha value is -2.39. The third-order valence-corrected chi connectivity index (χ3v) is 6.76. The molecule has 0 saturated heterocycles. The maximum absolute atomic E-state index is 5.88. The Bertz CT molecular complexity index is 1060. The van der Waals surface area contributed by atoms with Crippen LogP contribution < -0.4 is 5.19 Å². The molecule has 2 nitrogen and oxygen atoms in total. The number of para-hydroxylation sites is 1. The van der Waals surface area contributed by atoms with Crippen LogP contribution in [0.25, 0.3) is 33.2 Å². The van der Waals surface area contributed by atoms with E-state index in [1.165, 1.54) is 16.3 Å². The lowest BCUT2D eigenvalue weighted by molar-refractivity contribution is 0.667. The number of aryl methyl sites for hydroxylation is 1. The Kier molecular flexibility index (Phi) is 3.36. The van der Waals surface area contributed by atoms with Gasteiger partial charge in [-0.25, -0.2) is 0 Å². The first kappa shape index (κ1) is 15.2. The van der Waals surface area contributed by atoms with Gasteiger partial charge in [0, 0.05) is 16.3 Å². The van der Waals surface area contributed by atoms with Crippen molar-refractivity contribution in [1.29, 1.82) is 0 Å². The molecule has 0 aliphatic rings. The Morgan fingerprint density at radius 3 is 2.46 bits per heavy atom. The van der Waals surface area contributed by atoms with Crippen LogP contribution in [-0.4, -0.2) is 13.1 Å². The van der Waals surface area contributed by atoms with Crippen molar-refractivity contribution in [2.75, 3.05) is 0 Å². The summed E-state index contributed by atoms with van der Waals surface area (Å²) in [7, 11) is -1.37. The summed E-state index contributed by atoms with van der Waals surface area (Å²) in [6.07, 6.45) is 1.85. The maximum atomic E-state index is 5.88. The summed E-state index contributed by atoms with van der Waals surface area (Å²) < 4.78 is 5.88. The van der Waals surface area contributed by atoms with E-state index in [2.05, 4.69) is 61.9 Å². The van der Waals surface area contributed by atoms with E-state index in [1.54, 1.807) is 0 Å². The van der Waals surface area contributed by atoms with Gasteiger partial charge in [-0.05, 0) is 19.1 Å². The van der Waals surface area contributed by atoms with Crippen molar-refractivity contribution in [1.82, 2.24) is 4.98 Å². The van der Waals surface area contributed by atoms with E-state index in [1.807, 2.05) is 24.4 Å². The molecule has 0 radical (unpaired) electrons. The monoisotopic (exact) mass is 331 g/mol. The summed E-state index contributed by atoms with van der Waals surface area (Å²) in [6, 6.07) is 17.0. The van der Waals surface area contributed by atoms with E-state index >= 15 is 0 Å². The predicted octanol–water partition coefficient (Wildman–Crippen LogP) is 5.50. The highest BCUT2D eigenvalue weighted by molar-refractivity contribution is 6.89. The number of fused-ring (bicyclic) bond motifs is 3. The largest absolute Gasteiger partial charge is 0.454 e. The first-order chi connectivity index (χ1) is 11.4. The number of hydrogen-bond donors (Lipinski definition) is 0. The molecule has 2 heterocycles. The maximum Gasteiger partial charge on any atom is 0.153 e. The van der Waals surface area contributed by atoms with Crippen LogP contribution >= 0.6 is 0 Å². The molecule has 0 bridgehead atoms. The van der Waals surface area contributed by atoms with Crippen molar-refractivity contribution < 1.29 is 4.42 Å². The van der Waals surface area contributed by atoms with Crippen LogP contribution in [0.1, 0.15) is 5.56 Å². The van der Waals surface area contributed by atoms with Crippen molar-refractivity contribution in [3.63, 3.8) is 0 Å². The van der Waals surface area contributed by atoms with Gasteiger partial charge in [0.25, 0.3) is 0 Å². The van der Waals surface area contributed by atoms with Crippen molar-refractivity contribution >= 4 is 35.2 Å². The second-order valence-corrected chi connectivity index (χ2v) is 12.5. The standard InChI is InChI=1S/C21H21NOSi/c1-14-9-10-15(11-21(14)24(2,3)4)18-12-17-16-7-5-6-8-19(16)23-20(17)13-22-18/h5-13H,1-4H3. The summed E-state index contributed by atoms with van der Waals surface area (Å²) in [4.78, 5) is 4.65. The molecule has 0 unspecified atom stereocenters. The van der Waals surface area contributed by atoms with Crippen LogP contribution in [-0.2, 0) is 0 Å². The first-order valence-electron chi connectivity index (χ1n) is 8.32. The smallest absolute Gasteiger partial charge is 0.153 e. The second-order valence-electron chi connectivity index (χ2n) is 7.44. The Morgan fingerprint density at radius 2 is 1.67 bits per heavy atom. The molecule has 0 fully saturated rings. The number of nitrogens with zero attached hydrogens (tertiary/aromatic N) is 1. The van der Waals surface area contributed by atoms with Crippen molar-refractivity contribution in [2.24, 2.45) is 0 Å². The molecule has 2 aromatic heterocycles. The van der Waals surface area contributed by atoms with E-state index in [-0.39, 0.29) is 0 Å². The number of hydrogen-bond acceptors (Lipinski definition) is 2. The van der Waals surface area contributed by atoms with Gasteiger partial charge in [0.2, 0.25) is 0 Å². The minimum absolute atomic E-state index is 0.845. The molecule has 0 saturated carbocycles. The molecular formula is C21H21NOSi. The third-order valence-electron chi connectivity index (χ3n) is 4.61. The average Bonchev–Trinajstić information content (AvgIpc) is 2.92. The SMILES string of the molecule is Cc1ccc(-c2cc3c(cn2)oc2ccccc23)cc1[Si](C)(C)C. The fourth-order valence-electron chi connectivity index (χ4n) is 3.38. The lowest BCUT2D eigenvalue weighted by atomic mass is 10.1. The molecule has 0 atom stereocenters. The number of rotatable bonds is 2. The lowest BCUT2D eigenvalue weighted by Crippen LogP contribution is -2.39. The van der Waals surface area contributed by atoms with Gasteiger partial charge in [-0.3, -0.25) is 4.98 Å². The minimum Gasteiger partial charge on any atom is -0.454 e. The van der Waals surface area contributed by atoms with E-state index in [0.29, 0.717) is 0 Å². The quantitative estimate of drug-likeness (QED) is 0.453. The van der Waals surface area contributed by atoms with Crippen LogP contribution in [0.5, 0.6) is 0 Å². The summed E-state index contributed by atoms with van der Waals surface area (Å²) in [5.41, 5.74) is 5.34. The molecule has 3 heteroatoms. The van der Waals surface area contributed by atoms with Gasteiger partial charge in [0.1, 0.15) is 5.58 Å².